The van der Waals surface area contributed by atoms with Crippen LogP contribution >= 0.6 is 0 Å². The van der Waals surface area contributed by atoms with Crippen molar-refractivity contribution in [1.82, 2.24) is 24.1 Å². The van der Waals surface area contributed by atoms with Gasteiger partial charge in [0.1, 0.15) is 0 Å². The lowest BCUT2D eigenvalue weighted by Crippen LogP contribution is -2.02. The summed E-state index contributed by atoms with van der Waals surface area (Å²) in [5.74, 6) is 1.90. The molecule has 316 valence electrons. The average Bonchev–Trinajstić information content (AvgIpc) is 3.91. The first-order valence-corrected chi connectivity index (χ1v) is 23.1. The summed E-state index contributed by atoms with van der Waals surface area (Å²) in [6.45, 7) is 0. The maximum Gasteiger partial charge on any atom is 0.164 e. The molecule has 0 fully saturated rings. The van der Waals surface area contributed by atoms with E-state index in [1.807, 2.05) is 36.4 Å². The molecule has 0 saturated carbocycles. The van der Waals surface area contributed by atoms with Crippen LogP contribution < -0.4 is 0 Å². The minimum absolute atomic E-state index is 0.629. The van der Waals surface area contributed by atoms with Gasteiger partial charge in [-0.2, -0.15) is 0 Å². The molecule has 3 aromatic heterocycles. The third kappa shape index (κ3) is 5.99. The van der Waals surface area contributed by atoms with E-state index in [-0.39, 0.29) is 0 Å². The number of hydrogen-bond acceptors (Lipinski definition) is 3. The van der Waals surface area contributed by atoms with E-state index < -0.39 is 0 Å². The Hall–Kier alpha value is -9.19. The minimum atomic E-state index is 0.629. The van der Waals surface area contributed by atoms with Gasteiger partial charge >= 0.3 is 0 Å². The zero-order valence-corrected chi connectivity index (χ0v) is 36.8. The Bertz CT molecular complexity index is 4250. The molecule has 0 saturated heterocycles. The molecule has 0 aliphatic heterocycles. The van der Waals surface area contributed by atoms with Crippen LogP contribution in [0.4, 0.5) is 0 Å². The first kappa shape index (κ1) is 38.1. The van der Waals surface area contributed by atoms with E-state index in [1.165, 1.54) is 59.7 Å². The van der Waals surface area contributed by atoms with Gasteiger partial charge in [0.2, 0.25) is 0 Å². The third-order valence-electron chi connectivity index (χ3n) is 13.7. The Balaban J connectivity index is 1.07. The van der Waals surface area contributed by atoms with E-state index in [9.17, 15) is 0 Å². The molecule has 3 heterocycles. The molecule has 68 heavy (non-hydrogen) atoms. The number of benzene rings is 11. The van der Waals surface area contributed by atoms with Gasteiger partial charge in [-0.05, 0) is 92.7 Å². The predicted octanol–water partition coefficient (Wildman–Crippen LogP) is 16.2. The zero-order chi connectivity index (χ0) is 44.7. The summed E-state index contributed by atoms with van der Waals surface area (Å²) in [6.07, 6.45) is 0. The van der Waals surface area contributed by atoms with E-state index in [0.29, 0.717) is 17.5 Å². The van der Waals surface area contributed by atoms with Crippen LogP contribution in [0.25, 0.3) is 133 Å². The van der Waals surface area contributed by atoms with Gasteiger partial charge in [-0.3, -0.25) is 0 Å². The fourth-order valence-electron chi connectivity index (χ4n) is 10.6. The first-order valence-electron chi connectivity index (χ1n) is 23.1. The second kappa shape index (κ2) is 15.2. The van der Waals surface area contributed by atoms with Crippen molar-refractivity contribution in [2.24, 2.45) is 0 Å². The van der Waals surface area contributed by atoms with E-state index in [0.717, 1.165) is 55.4 Å². The van der Waals surface area contributed by atoms with Crippen LogP contribution in [-0.4, -0.2) is 24.1 Å². The molecule has 0 N–H and O–H groups in total. The summed E-state index contributed by atoms with van der Waals surface area (Å²) in [4.78, 5) is 15.4. The van der Waals surface area contributed by atoms with E-state index >= 15 is 0 Å². The average molecular weight is 866 g/mol. The van der Waals surface area contributed by atoms with E-state index in [4.69, 9.17) is 15.0 Å². The Labute approximate surface area is 391 Å². The van der Waals surface area contributed by atoms with Gasteiger partial charge in [0.05, 0.1) is 27.8 Å². The summed E-state index contributed by atoms with van der Waals surface area (Å²) >= 11 is 0. The highest BCUT2D eigenvalue weighted by Gasteiger charge is 2.23. The number of aromatic nitrogens is 5. The fourth-order valence-corrected chi connectivity index (χ4v) is 10.6. The topological polar surface area (TPSA) is 48.5 Å². The number of nitrogens with zero attached hydrogens (tertiary/aromatic N) is 5. The molecule has 0 bridgehead atoms. The molecule has 0 atom stereocenters. The third-order valence-corrected chi connectivity index (χ3v) is 13.7. The largest absolute Gasteiger partial charge is 0.309 e. The van der Waals surface area contributed by atoms with Gasteiger partial charge in [0.25, 0.3) is 0 Å². The van der Waals surface area contributed by atoms with E-state index in [1.54, 1.807) is 0 Å². The lowest BCUT2D eigenvalue weighted by Gasteiger charge is -2.15. The summed E-state index contributed by atoms with van der Waals surface area (Å²) in [6, 6.07) is 84.9. The summed E-state index contributed by atoms with van der Waals surface area (Å²) < 4.78 is 4.95. The van der Waals surface area contributed by atoms with Gasteiger partial charge in [-0.25, -0.2) is 15.0 Å². The molecule has 0 radical (unpaired) electrons. The van der Waals surface area contributed by atoms with Crippen LogP contribution in [0.15, 0.2) is 237 Å². The molecule has 0 unspecified atom stereocenters. The van der Waals surface area contributed by atoms with Crippen LogP contribution in [0.2, 0.25) is 0 Å². The van der Waals surface area contributed by atoms with Crippen LogP contribution in [0, 0.1) is 0 Å². The Morgan fingerprint density at radius 2 is 0.824 bits per heavy atom. The molecule has 14 aromatic rings. The molecular weight excluding hydrogens is 827 g/mol. The Kier molecular flexibility index (Phi) is 8.52. The van der Waals surface area contributed by atoms with Gasteiger partial charge in [-0.15, -0.1) is 0 Å². The SMILES string of the molecule is c1ccc(-c2ccc3c(c2)c2cc4c5c6ccccc6ccc5n(-c5ccc6ccccc6c5)c4cc2n3-c2ccc(-c3nc(-c4ccccc4)nc(-c4ccccc4)n3)c3ccccc23)cc1. The zero-order valence-electron chi connectivity index (χ0n) is 36.8. The fraction of sp³-hybridized carbons (Fsp3) is 0. The molecule has 0 spiro atoms. The summed E-state index contributed by atoms with van der Waals surface area (Å²) in [7, 11) is 0. The highest BCUT2D eigenvalue weighted by atomic mass is 15.0. The number of rotatable bonds is 6. The van der Waals surface area contributed by atoms with Gasteiger partial charge in [0.15, 0.2) is 17.5 Å². The predicted molar refractivity (Wildman–Crippen MR) is 283 cm³/mol. The highest BCUT2D eigenvalue weighted by Crippen LogP contribution is 2.44. The molecule has 0 aliphatic rings. The lowest BCUT2D eigenvalue weighted by molar-refractivity contribution is 1.08. The van der Waals surface area contributed by atoms with Crippen molar-refractivity contribution in [3.63, 3.8) is 0 Å². The normalized spacial score (nSPS) is 11.8. The van der Waals surface area contributed by atoms with Crippen molar-refractivity contribution >= 4 is 75.9 Å². The van der Waals surface area contributed by atoms with Crippen LogP contribution in [-0.2, 0) is 0 Å². The second-order valence-electron chi connectivity index (χ2n) is 17.6. The monoisotopic (exact) mass is 865 g/mol. The number of hydrogen-bond donors (Lipinski definition) is 0. The molecule has 14 rings (SSSR count). The Morgan fingerprint density at radius 1 is 0.265 bits per heavy atom. The summed E-state index contributed by atoms with van der Waals surface area (Å²) in [5, 5.41) is 11.9. The van der Waals surface area contributed by atoms with Crippen LogP contribution in [0.5, 0.6) is 0 Å². The van der Waals surface area contributed by atoms with Gasteiger partial charge in [0, 0.05) is 49.3 Å². The second-order valence-corrected chi connectivity index (χ2v) is 17.6. The quantitative estimate of drug-likeness (QED) is 0.167. The van der Waals surface area contributed by atoms with Crippen molar-refractivity contribution in [3.8, 4) is 56.7 Å². The molecule has 0 aliphatic carbocycles. The van der Waals surface area contributed by atoms with Gasteiger partial charge in [-0.1, -0.05) is 182 Å². The maximum atomic E-state index is 5.18. The molecule has 5 heteroatoms. The minimum Gasteiger partial charge on any atom is -0.309 e. The smallest absolute Gasteiger partial charge is 0.164 e. The molecule has 11 aromatic carbocycles. The van der Waals surface area contributed by atoms with Crippen molar-refractivity contribution in [2.45, 2.75) is 0 Å². The molecular formula is C63H39N5. The molecule has 0 amide bonds. The van der Waals surface area contributed by atoms with Gasteiger partial charge < -0.3 is 9.13 Å². The van der Waals surface area contributed by atoms with Crippen molar-refractivity contribution in [3.05, 3.63) is 237 Å². The summed E-state index contributed by atoms with van der Waals surface area (Å²) in [5.41, 5.74) is 12.0. The van der Waals surface area contributed by atoms with E-state index in [2.05, 4.69) is 209 Å². The highest BCUT2D eigenvalue weighted by molar-refractivity contribution is 6.26. The lowest BCUT2D eigenvalue weighted by atomic mass is 10.0. The first-order chi connectivity index (χ1) is 33.7. The standard InChI is InChI=1S/C63H39N5/c1-4-16-40(17-5-1)46-30-33-56-52(37-46)53-38-54-59(67(47-31-28-41-18-10-11-24-45(41)36-47)57-34-29-42-19-12-13-25-48(42)60(54)57)39-58(53)68(56)55-35-32-51(49-26-14-15-27-50(49)55)63-65-61(43-20-6-2-7-21-43)64-62(66-63)44-22-8-3-9-23-44/h1-39H. The molecule has 5 nitrogen and oxygen atoms in total. The van der Waals surface area contributed by atoms with Crippen LogP contribution in [0.1, 0.15) is 0 Å². The maximum absolute atomic E-state index is 5.18. The number of fused-ring (bicyclic) bond motifs is 10. The van der Waals surface area contributed by atoms with Crippen molar-refractivity contribution < 1.29 is 0 Å². The van der Waals surface area contributed by atoms with Crippen LogP contribution in [0.3, 0.4) is 0 Å². The van der Waals surface area contributed by atoms with Crippen molar-refractivity contribution in [2.75, 3.05) is 0 Å². The van der Waals surface area contributed by atoms with Crippen molar-refractivity contribution in [1.29, 1.82) is 0 Å². The Morgan fingerprint density at radius 3 is 1.56 bits per heavy atom.